The van der Waals surface area contributed by atoms with Gasteiger partial charge in [0.1, 0.15) is 0 Å². The lowest BCUT2D eigenvalue weighted by atomic mass is 10.00. The first-order chi connectivity index (χ1) is 8.83. The van der Waals surface area contributed by atoms with Gasteiger partial charge in [0.25, 0.3) is 0 Å². The molecule has 2 aliphatic heterocycles. The van der Waals surface area contributed by atoms with Crippen molar-refractivity contribution < 1.29 is 0 Å². The van der Waals surface area contributed by atoms with Crippen LogP contribution < -0.4 is 10.6 Å². The van der Waals surface area contributed by atoms with Crippen molar-refractivity contribution in [2.24, 2.45) is 0 Å². The molecule has 98 valence electrons. The summed E-state index contributed by atoms with van der Waals surface area (Å²) >= 11 is 8.08. The molecule has 4 heteroatoms. The summed E-state index contributed by atoms with van der Waals surface area (Å²) in [5.41, 5.74) is 1.39. The number of hydrogen-bond donors (Lipinski definition) is 2. The fourth-order valence-electron chi connectivity index (χ4n) is 2.82. The molecule has 2 nitrogen and oxygen atoms in total. The van der Waals surface area contributed by atoms with E-state index in [4.69, 9.17) is 11.6 Å². The first-order valence-corrected chi connectivity index (χ1v) is 8.08. The lowest BCUT2D eigenvalue weighted by Crippen LogP contribution is -2.45. The van der Waals surface area contributed by atoms with E-state index in [9.17, 15) is 0 Å². The van der Waals surface area contributed by atoms with Crippen LogP contribution in [0.25, 0.3) is 0 Å². The van der Waals surface area contributed by atoms with Crippen molar-refractivity contribution in [3.8, 4) is 0 Å². The first-order valence-electron chi connectivity index (χ1n) is 6.72. The van der Waals surface area contributed by atoms with E-state index in [0.717, 1.165) is 11.6 Å². The number of rotatable bonds is 2. The summed E-state index contributed by atoms with van der Waals surface area (Å²) in [5, 5.41) is 8.12. The maximum absolute atomic E-state index is 6.14. The van der Waals surface area contributed by atoms with E-state index in [0.29, 0.717) is 12.1 Å². The van der Waals surface area contributed by atoms with Crippen LogP contribution in [-0.2, 0) is 0 Å². The van der Waals surface area contributed by atoms with Crippen LogP contribution in [0.15, 0.2) is 23.1 Å². The zero-order valence-corrected chi connectivity index (χ0v) is 12.0. The van der Waals surface area contributed by atoms with E-state index in [1.54, 1.807) is 0 Å². The van der Waals surface area contributed by atoms with Crippen molar-refractivity contribution in [3.05, 3.63) is 28.8 Å². The van der Waals surface area contributed by atoms with Crippen LogP contribution in [-0.4, -0.2) is 24.9 Å². The van der Waals surface area contributed by atoms with Crippen LogP contribution in [0.2, 0.25) is 5.02 Å². The molecule has 2 unspecified atom stereocenters. The van der Waals surface area contributed by atoms with Gasteiger partial charge < -0.3 is 10.6 Å². The van der Waals surface area contributed by atoms with Gasteiger partial charge >= 0.3 is 0 Å². The molecular weight excluding hydrogens is 264 g/mol. The first kappa shape index (κ1) is 12.8. The van der Waals surface area contributed by atoms with E-state index in [-0.39, 0.29) is 0 Å². The number of hydrogen-bond acceptors (Lipinski definition) is 3. The third kappa shape index (κ3) is 2.85. The van der Waals surface area contributed by atoms with Gasteiger partial charge in [0.15, 0.2) is 0 Å². The Morgan fingerprint density at radius 1 is 1.33 bits per heavy atom. The highest BCUT2D eigenvalue weighted by atomic mass is 35.5. The molecule has 1 aromatic rings. The lowest BCUT2D eigenvalue weighted by Gasteiger charge is -2.32. The summed E-state index contributed by atoms with van der Waals surface area (Å²) in [7, 11) is 0. The number of thioether (sulfide) groups is 1. The highest BCUT2D eigenvalue weighted by Crippen LogP contribution is 2.37. The quantitative estimate of drug-likeness (QED) is 0.871. The van der Waals surface area contributed by atoms with Crippen LogP contribution in [0.4, 0.5) is 0 Å². The van der Waals surface area contributed by atoms with Gasteiger partial charge in [-0.1, -0.05) is 11.6 Å². The molecular formula is C14H19ClN2S. The maximum Gasteiger partial charge on any atom is 0.0410 e. The van der Waals surface area contributed by atoms with Gasteiger partial charge in [0.2, 0.25) is 0 Å². The highest BCUT2D eigenvalue weighted by Gasteiger charge is 2.24. The summed E-state index contributed by atoms with van der Waals surface area (Å²) < 4.78 is 0. The summed E-state index contributed by atoms with van der Waals surface area (Å²) in [6.07, 6.45) is 3.77. The molecule has 0 aromatic heterocycles. The predicted molar refractivity (Wildman–Crippen MR) is 78.6 cm³/mol. The van der Waals surface area contributed by atoms with E-state index < -0.39 is 0 Å². The van der Waals surface area contributed by atoms with Crippen molar-refractivity contribution in [2.45, 2.75) is 36.2 Å². The second-order valence-electron chi connectivity index (χ2n) is 5.08. The van der Waals surface area contributed by atoms with E-state index >= 15 is 0 Å². The lowest BCUT2D eigenvalue weighted by molar-refractivity contribution is 0.346. The number of nitrogens with one attached hydrogen (secondary N) is 2. The second-order valence-corrected chi connectivity index (χ2v) is 6.65. The standard InChI is InChI=1S/C14H19ClN2S/c15-10-3-4-14-12(8-10)13(5-7-18-14)17-11-2-1-6-16-9-11/h3-4,8,11,13,16-17H,1-2,5-7,9H2. The summed E-state index contributed by atoms with van der Waals surface area (Å²) in [5.74, 6) is 1.20. The van der Waals surface area contributed by atoms with Crippen LogP contribution >= 0.6 is 23.4 Å². The number of piperidine rings is 1. The Hall–Kier alpha value is -0.220. The molecule has 1 aromatic carbocycles. The predicted octanol–water partition coefficient (Wildman–Crippen LogP) is 3.22. The number of halogens is 1. The summed E-state index contributed by atoms with van der Waals surface area (Å²) in [6.45, 7) is 2.26. The number of benzene rings is 1. The number of fused-ring (bicyclic) bond motifs is 1. The van der Waals surface area contributed by atoms with Crippen LogP contribution in [0.3, 0.4) is 0 Å². The minimum Gasteiger partial charge on any atom is -0.315 e. The average molecular weight is 283 g/mol. The third-order valence-corrected chi connectivity index (χ3v) is 5.10. The van der Waals surface area contributed by atoms with Crippen LogP contribution in [0.1, 0.15) is 30.9 Å². The molecule has 2 atom stereocenters. The Kier molecular flexibility index (Phi) is 4.14. The molecule has 0 spiro atoms. The van der Waals surface area contributed by atoms with Gasteiger partial charge in [-0.25, -0.2) is 0 Å². The average Bonchev–Trinajstić information content (AvgIpc) is 2.41. The van der Waals surface area contributed by atoms with E-state index in [2.05, 4.69) is 22.8 Å². The largest absolute Gasteiger partial charge is 0.315 e. The molecule has 0 radical (unpaired) electrons. The van der Waals surface area contributed by atoms with Gasteiger partial charge in [-0.2, -0.15) is 0 Å². The molecule has 18 heavy (non-hydrogen) atoms. The molecule has 2 aliphatic rings. The molecule has 0 aliphatic carbocycles. The maximum atomic E-state index is 6.14. The topological polar surface area (TPSA) is 24.1 Å². The van der Waals surface area contributed by atoms with Crippen molar-refractivity contribution in [1.82, 2.24) is 10.6 Å². The van der Waals surface area contributed by atoms with E-state index in [1.165, 1.54) is 42.0 Å². The Morgan fingerprint density at radius 2 is 2.28 bits per heavy atom. The zero-order valence-electron chi connectivity index (χ0n) is 10.4. The van der Waals surface area contributed by atoms with Crippen LogP contribution in [0.5, 0.6) is 0 Å². The fourth-order valence-corrected chi connectivity index (χ4v) is 4.10. The highest BCUT2D eigenvalue weighted by molar-refractivity contribution is 7.99. The monoisotopic (exact) mass is 282 g/mol. The van der Waals surface area contributed by atoms with Gasteiger partial charge in [0.05, 0.1) is 0 Å². The van der Waals surface area contributed by atoms with E-state index in [1.807, 2.05) is 17.8 Å². The molecule has 0 amide bonds. The normalized spacial score (nSPS) is 27.8. The minimum absolute atomic E-state index is 0.477. The smallest absolute Gasteiger partial charge is 0.0410 e. The van der Waals surface area contributed by atoms with Gasteiger partial charge in [-0.3, -0.25) is 0 Å². The molecule has 0 bridgehead atoms. The molecule has 2 N–H and O–H groups in total. The van der Waals surface area contributed by atoms with Gasteiger partial charge in [-0.05, 0) is 55.3 Å². The Labute approximate surface area is 118 Å². The van der Waals surface area contributed by atoms with Crippen molar-refractivity contribution in [1.29, 1.82) is 0 Å². The van der Waals surface area contributed by atoms with Gasteiger partial charge in [-0.15, -0.1) is 11.8 Å². The summed E-state index contributed by atoms with van der Waals surface area (Å²) in [6, 6.07) is 7.38. The summed E-state index contributed by atoms with van der Waals surface area (Å²) in [4.78, 5) is 1.40. The van der Waals surface area contributed by atoms with Crippen molar-refractivity contribution in [2.75, 3.05) is 18.8 Å². The van der Waals surface area contributed by atoms with Crippen molar-refractivity contribution >= 4 is 23.4 Å². The molecule has 3 rings (SSSR count). The Morgan fingerprint density at radius 3 is 3.11 bits per heavy atom. The third-order valence-electron chi connectivity index (χ3n) is 3.75. The van der Waals surface area contributed by atoms with Gasteiger partial charge in [0, 0.05) is 28.5 Å². The second kappa shape index (κ2) is 5.83. The Balaban J connectivity index is 1.75. The zero-order chi connectivity index (χ0) is 12.4. The molecule has 1 saturated heterocycles. The fraction of sp³-hybridized carbons (Fsp3) is 0.571. The SMILES string of the molecule is Clc1ccc2c(c1)C(NC1CCCNC1)CCS2. The Bertz CT molecular complexity index is 418. The molecule has 2 heterocycles. The minimum atomic E-state index is 0.477. The van der Waals surface area contributed by atoms with Crippen molar-refractivity contribution in [3.63, 3.8) is 0 Å². The van der Waals surface area contributed by atoms with Crippen LogP contribution in [0, 0.1) is 0 Å². The molecule has 0 saturated carbocycles. The molecule has 1 fully saturated rings.